The second kappa shape index (κ2) is 7.05. The third-order valence-corrected chi connectivity index (χ3v) is 3.97. The summed E-state index contributed by atoms with van der Waals surface area (Å²) < 4.78 is 0. The van der Waals surface area contributed by atoms with E-state index < -0.39 is 5.97 Å². The molecule has 0 heterocycles. The monoisotopic (exact) mass is 330 g/mol. The van der Waals surface area contributed by atoms with Crippen molar-refractivity contribution < 1.29 is 15.0 Å². The van der Waals surface area contributed by atoms with E-state index in [0.29, 0.717) is 5.75 Å². The Morgan fingerprint density at radius 3 is 1.48 bits per heavy atom. The van der Waals surface area contributed by atoms with Crippen LogP contribution in [0.25, 0.3) is 32.7 Å². The van der Waals surface area contributed by atoms with Gasteiger partial charge in [-0.25, -0.2) is 0 Å². The lowest BCUT2D eigenvalue weighted by molar-refractivity contribution is -0.134. The van der Waals surface area contributed by atoms with Crippen molar-refractivity contribution in [1.82, 2.24) is 0 Å². The highest BCUT2D eigenvalue weighted by molar-refractivity contribution is 6.16. The molecule has 0 fully saturated rings. The highest BCUT2D eigenvalue weighted by atomic mass is 16.4. The second-order valence-electron chi connectivity index (χ2n) is 5.70. The van der Waals surface area contributed by atoms with E-state index in [2.05, 4.69) is 24.3 Å². The number of aliphatic carboxylic acids is 1. The van der Waals surface area contributed by atoms with Gasteiger partial charge in [-0.2, -0.15) is 0 Å². The van der Waals surface area contributed by atoms with E-state index in [1.165, 1.54) is 11.1 Å². The Kier molecular flexibility index (Phi) is 4.66. The summed E-state index contributed by atoms with van der Waals surface area (Å²) >= 11 is 0. The normalized spacial score (nSPS) is 10.3. The van der Waals surface area contributed by atoms with Gasteiger partial charge in [0.15, 0.2) is 0 Å². The average Bonchev–Trinajstić information content (AvgIpc) is 2.63. The van der Waals surface area contributed by atoms with Crippen molar-refractivity contribution in [1.29, 1.82) is 0 Å². The minimum atomic E-state index is -0.833. The van der Waals surface area contributed by atoms with Crippen LogP contribution in [-0.4, -0.2) is 16.2 Å². The van der Waals surface area contributed by atoms with Crippen LogP contribution in [0.15, 0.2) is 78.9 Å². The Hall–Kier alpha value is -3.33. The molecule has 2 N–H and O–H groups in total. The molecule has 0 saturated carbocycles. The highest BCUT2D eigenvalue weighted by Gasteiger charge is 2.13. The minimum Gasteiger partial charge on any atom is -0.507 e. The van der Waals surface area contributed by atoms with E-state index in [1.54, 1.807) is 0 Å². The Morgan fingerprint density at radius 2 is 1.04 bits per heavy atom. The van der Waals surface area contributed by atoms with Gasteiger partial charge in [0, 0.05) is 17.7 Å². The van der Waals surface area contributed by atoms with Crippen LogP contribution in [0.5, 0.6) is 5.75 Å². The number of benzene rings is 4. The molecule has 0 aromatic heterocycles. The lowest BCUT2D eigenvalue weighted by Crippen LogP contribution is -1.86. The Bertz CT molecular complexity index is 976. The standard InChI is InChI=1S/C20H14O.C2H4O2/c21-20-17-12-6-4-10-15(17)19(14-8-2-1-3-9-14)16-11-5-7-13-18(16)20;1-2(3)4/h1-13,21H;1H3,(H,3,4). The predicted molar refractivity (Wildman–Crippen MR) is 102 cm³/mol. The number of phenolic OH excluding ortho intramolecular Hbond substituents is 1. The Balaban J connectivity index is 0.000000415. The van der Waals surface area contributed by atoms with Crippen molar-refractivity contribution in [3.05, 3.63) is 78.9 Å². The smallest absolute Gasteiger partial charge is 0.300 e. The molecule has 3 heteroatoms. The van der Waals surface area contributed by atoms with Gasteiger partial charge in [0.05, 0.1) is 0 Å². The number of phenols is 1. The van der Waals surface area contributed by atoms with Crippen LogP contribution in [0.3, 0.4) is 0 Å². The first-order valence-electron chi connectivity index (χ1n) is 7.97. The van der Waals surface area contributed by atoms with Gasteiger partial charge >= 0.3 is 0 Å². The molecule has 4 aromatic rings. The number of aromatic hydroxyl groups is 1. The van der Waals surface area contributed by atoms with Crippen LogP contribution in [0.1, 0.15) is 6.92 Å². The minimum absolute atomic E-state index is 0.362. The predicted octanol–water partition coefficient (Wildman–Crippen LogP) is 5.46. The number of rotatable bonds is 1. The molecule has 0 bridgehead atoms. The first-order chi connectivity index (χ1) is 12.1. The van der Waals surface area contributed by atoms with Gasteiger partial charge in [0.2, 0.25) is 0 Å². The zero-order valence-electron chi connectivity index (χ0n) is 13.8. The summed E-state index contributed by atoms with van der Waals surface area (Å²) in [5.41, 5.74) is 2.35. The van der Waals surface area contributed by atoms with E-state index >= 15 is 0 Å². The molecule has 124 valence electrons. The van der Waals surface area contributed by atoms with E-state index in [0.717, 1.165) is 28.5 Å². The molecule has 3 nitrogen and oxygen atoms in total. The van der Waals surface area contributed by atoms with Crippen molar-refractivity contribution in [2.45, 2.75) is 6.92 Å². The zero-order valence-corrected chi connectivity index (χ0v) is 13.8. The fourth-order valence-electron chi connectivity index (χ4n) is 3.02. The average molecular weight is 330 g/mol. The van der Waals surface area contributed by atoms with E-state index in [1.807, 2.05) is 54.6 Å². The largest absolute Gasteiger partial charge is 0.507 e. The Labute approximate surface area is 145 Å². The summed E-state index contributed by atoms with van der Waals surface area (Å²) in [5, 5.41) is 22.0. The quantitative estimate of drug-likeness (QED) is 0.456. The molecule has 0 radical (unpaired) electrons. The molecule has 0 aliphatic heterocycles. The van der Waals surface area contributed by atoms with Gasteiger partial charge in [0.1, 0.15) is 5.75 Å². The number of fused-ring (bicyclic) bond motifs is 2. The number of carboxylic acid groups (broad SMARTS) is 1. The molecule has 0 aliphatic carbocycles. The van der Waals surface area contributed by atoms with Crippen LogP contribution in [0.4, 0.5) is 0 Å². The molecule has 4 aromatic carbocycles. The molecule has 0 saturated heterocycles. The zero-order chi connectivity index (χ0) is 17.8. The summed E-state index contributed by atoms with van der Waals surface area (Å²) in [4.78, 5) is 9.00. The molecule has 4 rings (SSSR count). The molecule has 0 unspecified atom stereocenters. The molecule has 0 aliphatic rings. The van der Waals surface area contributed by atoms with Crippen molar-refractivity contribution >= 4 is 27.5 Å². The fourth-order valence-corrected chi connectivity index (χ4v) is 3.02. The number of carboxylic acids is 1. The molecule has 0 spiro atoms. The molecular formula is C22H18O3. The lowest BCUT2D eigenvalue weighted by atomic mass is 9.91. The topological polar surface area (TPSA) is 57.5 Å². The Morgan fingerprint density at radius 1 is 0.680 bits per heavy atom. The van der Waals surface area contributed by atoms with Crippen LogP contribution >= 0.6 is 0 Å². The van der Waals surface area contributed by atoms with Gasteiger partial charge in [-0.1, -0.05) is 78.9 Å². The SMILES string of the molecule is CC(=O)O.Oc1c2ccccc2c(-c2ccccc2)c2ccccc12. The highest BCUT2D eigenvalue weighted by Crippen LogP contribution is 2.42. The van der Waals surface area contributed by atoms with Crippen LogP contribution in [-0.2, 0) is 4.79 Å². The fraction of sp³-hybridized carbons (Fsp3) is 0.0455. The first kappa shape index (κ1) is 16.5. The third-order valence-electron chi connectivity index (χ3n) is 3.97. The summed E-state index contributed by atoms with van der Waals surface area (Å²) in [6.07, 6.45) is 0. The summed E-state index contributed by atoms with van der Waals surface area (Å²) in [7, 11) is 0. The first-order valence-corrected chi connectivity index (χ1v) is 7.97. The van der Waals surface area contributed by atoms with E-state index in [9.17, 15) is 5.11 Å². The lowest BCUT2D eigenvalue weighted by Gasteiger charge is -2.13. The van der Waals surface area contributed by atoms with Crippen LogP contribution < -0.4 is 0 Å². The van der Waals surface area contributed by atoms with Crippen molar-refractivity contribution in [2.75, 3.05) is 0 Å². The van der Waals surface area contributed by atoms with Crippen molar-refractivity contribution in [3.63, 3.8) is 0 Å². The van der Waals surface area contributed by atoms with Crippen LogP contribution in [0, 0.1) is 0 Å². The van der Waals surface area contributed by atoms with Gasteiger partial charge in [-0.05, 0) is 21.9 Å². The van der Waals surface area contributed by atoms with E-state index in [-0.39, 0.29) is 0 Å². The summed E-state index contributed by atoms with van der Waals surface area (Å²) in [6.45, 7) is 1.08. The number of carbonyl (C=O) groups is 1. The maximum atomic E-state index is 10.6. The number of hydrogen-bond donors (Lipinski definition) is 2. The third kappa shape index (κ3) is 3.31. The van der Waals surface area contributed by atoms with Gasteiger partial charge in [0.25, 0.3) is 5.97 Å². The van der Waals surface area contributed by atoms with Gasteiger partial charge in [-0.15, -0.1) is 0 Å². The second-order valence-corrected chi connectivity index (χ2v) is 5.70. The van der Waals surface area contributed by atoms with Crippen molar-refractivity contribution in [2.24, 2.45) is 0 Å². The maximum absolute atomic E-state index is 10.6. The van der Waals surface area contributed by atoms with Crippen LogP contribution in [0.2, 0.25) is 0 Å². The molecule has 0 amide bonds. The maximum Gasteiger partial charge on any atom is 0.300 e. The molecule has 0 atom stereocenters. The van der Waals surface area contributed by atoms with Gasteiger partial charge < -0.3 is 10.2 Å². The van der Waals surface area contributed by atoms with Crippen molar-refractivity contribution in [3.8, 4) is 16.9 Å². The van der Waals surface area contributed by atoms with Gasteiger partial charge in [-0.3, -0.25) is 4.79 Å². The summed E-state index contributed by atoms with van der Waals surface area (Å²) in [5.74, 6) is -0.471. The molecule has 25 heavy (non-hydrogen) atoms. The van der Waals surface area contributed by atoms with E-state index in [4.69, 9.17) is 9.90 Å². The summed E-state index contributed by atoms with van der Waals surface area (Å²) in [6, 6.07) is 26.4. The number of hydrogen-bond acceptors (Lipinski definition) is 2. The molecular weight excluding hydrogens is 312 g/mol.